The second kappa shape index (κ2) is 6.40. The van der Waals surface area contributed by atoms with Gasteiger partial charge in [-0.05, 0) is 48.9 Å². The normalized spacial score (nSPS) is 21.4. The number of rotatable bonds is 2. The molecule has 2 aromatic heterocycles. The Morgan fingerprint density at radius 2 is 2.04 bits per heavy atom. The zero-order valence-electron chi connectivity index (χ0n) is 15.4. The quantitative estimate of drug-likeness (QED) is 0.737. The fourth-order valence-corrected chi connectivity index (χ4v) is 4.73. The number of aromatic nitrogens is 2. The van der Waals surface area contributed by atoms with E-state index in [4.69, 9.17) is 4.98 Å². The standard InChI is InChI=1S/C21H22N4O.ClH/c1-21(13-26)9-10-24(12-21)20-15-6-4-5-14(15)16(11-22)19-23-17-7-2-3-8-18(17)25(19)20;/h2-3,7-8,26H,4-6,9-10,12-13H2,1H3;1H. The van der Waals surface area contributed by atoms with Gasteiger partial charge in [0.1, 0.15) is 11.9 Å². The monoisotopic (exact) mass is 382 g/mol. The van der Waals surface area contributed by atoms with Crippen molar-refractivity contribution in [3.05, 3.63) is 41.0 Å². The van der Waals surface area contributed by atoms with Crippen LogP contribution in [0, 0.1) is 16.7 Å². The fourth-order valence-electron chi connectivity index (χ4n) is 4.73. The van der Waals surface area contributed by atoms with E-state index in [1.807, 2.05) is 18.2 Å². The summed E-state index contributed by atoms with van der Waals surface area (Å²) >= 11 is 0. The summed E-state index contributed by atoms with van der Waals surface area (Å²) in [6.07, 6.45) is 4.03. The number of benzene rings is 1. The number of nitrogens with zero attached hydrogens (tertiary/aromatic N) is 4. The summed E-state index contributed by atoms with van der Waals surface area (Å²) in [5, 5.41) is 19.7. The predicted molar refractivity (Wildman–Crippen MR) is 109 cm³/mol. The molecule has 1 saturated heterocycles. The van der Waals surface area contributed by atoms with Gasteiger partial charge in [-0.15, -0.1) is 12.4 Å². The van der Waals surface area contributed by atoms with Crippen LogP contribution in [0.4, 0.5) is 5.82 Å². The van der Waals surface area contributed by atoms with E-state index in [2.05, 4.69) is 28.4 Å². The Morgan fingerprint density at radius 1 is 1.26 bits per heavy atom. The molecule has 1 fully saturated rings. The molecule has 0 spiro atoms. The number of fused-ring (bicyclic) bond motifs is 4. The third kappa shape index (κ3) is 2.51. The van der Waals surface area contributed by atoms with Crippen LogP contribution in [0.3, 0.4) is 0 Å². The van der Waals surface area contributed by atoms with Crippen molar-refractivity contribution < 1.29 is 5.11 Å². The van der Waals surface area contributed by atoms with Crippen LogP contribution in [0.5, 0.6) is 0 Å². The summed E-state index contributed by atoms with van der Waals surface area (Å²) in [7, 11) is 0. The molecule has 1 aliphatic carbocycles. The Hall–Kier alpha value is -2.29. The maximum absolute atomic E-state index is 9.85. The first-order chi connectivity index (χ1) is 12.6. The van der Waals surface area contributed by atoms with Crippen LogP contribution in [0.1, 0.15) is 36.5 Å². The number of aliphatic hydroxyl groups excluding tert-OH is 1. The highest BCUT2D eigenvalue weighted by Crippen LogP contribution is 2.41. The number of para-hydroxylation sites is 2. The van der Waals surface area contributed by atoms with Crippen molar-refractivity contribution in [2.45, 2.75) is 32.6 Å². The summed E-state index contributed by atoms with van der Waals surface area (Å²) in [5.74, 6) is 1.19. The number of hydrogen-bond acceptors (Lipinski definition) is 4. The molecule has 0 bridgehead atoms. The van der Waals surface area contributed by atoms with E-state index in [0.29, 0.717) is 0 Å². The molecular weight excluding hydrogens is 360 g/mol. The van der Waals surface area contributed by atoms with Gasteiger partial charge in [-0.2, -0.15) is 5.26 Å². The van der Waals surface area contributed by atoms with Crippen molar-refractivity contribution in [3.8, 4) is 6.07 Å². The minimum Gasteiger partial charge on any atom is -0.396 e. The van der Waals surface area contributed by atoms with Crippen LogP contribution in [-0.4, -0.2) is 34.2 Å². The SMILES string of the molecule is CC1(CO)CCN(c2c3c(c(C#N)c4nc5ccccc5n24)CCC3)C1.Cl. The highest BCUT2D eigenvalue weighted by molar-refractivity contribution is 5.86. The van der Waals surface area contributed by atoms with Crippen LogP contribution in [0.15, 0.2) is 24.3 Å². The van der Waals surface area contributed by atoms with E-state index >= 15 is 0 Å². The van der Waals surface area contributed by atoms with Crippen LogP contribution in [-0.2, 0) is 12.8 Å². The van der Waals surface area contributed by atoms with Crippen LogP contribution in [0.25, 0.3) is 16.7 Å². The number of anilines is 1. The fraction of sp³-hybridized carbons (Fsp3) is 0.429. The van der Waals surface area contributed by atoms with Gasteiger partial charge in [-0.3, -0.25) is 4.40 Å². The van der Waals surface area contributed by atoms with Crippen molar-refractivity contribution in [3.63, 3.8) is 0 Å². The predicted octanol–water partition coefficient (Wildman–Crippen LogP) is 3.48. The zero-order valence-corrected chi connectivity index (χ0v) is 16.2. The van der Waals surface area contributed by atoms with Crippen LogP contribution in [0.2, 0.25) is 0 Å². The maximum atomic E-state index is 9.85. The molecule has 6 heteroatoms. The van der Waals surface area contributed by atoms with Crippen molar-refractivity contribution in [2.24, 2.45) is 5.41 Å². The number of imidazole rings is 1. The largest absolute Gasteiger partial charge is 0.396 e. The molecule has 1 unspecified atom stereocenters. The Balaban J connectivity index is 0.00000180. The van der Waals surface area contributed by atoms with Gasteiger partial charge < -0.3 is 10.0 Å². The van der Waals surface area contributed by atoms with E-state index < -0.39 is 0 Å². The Bertz CT molecular complexity index is 1080. The molecule has 2 aliphatic rings. The minimum absolute atomic E-state index is 0. The molecule has 3 heterocycles. The van der Waals surface area contributed by atoms with Crippen LogP contribution < -0.4 is 4.90 Å². The molecule has 5 nitrogen and oxygen atoms in total. The minimum atomic E-state index is -0.0674. The molecule has 0 amide bonds. The lowest BCUT2D eigenvalue weighted by Gasteiger charge is -2.27. The second-order valence-electron chi connectivity index (χ2n) is 8.02. The topological polar surface area (TPSA) is 64.6 Å². The number of aliphatic hydroxyl groups is 1. The lowest BCUT2D eigenvalue weighted by Crippen LogP contribution is -2.29. The zero-order chi connectivity index (χ0) is 17.9. The smallest absolute Gasteiger partial charge is 0.157 e. The highest BCUT2D eigenvalue weighted by atomic mass is 35.5. The van der Waals surface area contributed by atoms with Gasteiger partial charge >= 0.3 is 0 Å². The summed E-state index contributed by atoms with van der Waals surface area (Å²) in [6, 6.07) is 10.6. The number of hydrogen-bond donors (Lipinski definition) is 1. The number of pyridine rings is 1. The lowest BCUT2D eigenvalue weighted by atomic mass is 9.91. The molecule has 3 aromatic rings. The lowest BCUT2D eigenvalue weighted by molar-refractivity contribution is 0.162. The van der Waals surface area contributed by atoms with Crippen molar-refractivity contribution in [1.29, 1.82) is 5.26 Å². The van der Waals surface area contributed by atoms with Gasteiger partial charge in [-0.25, -0.2) is 4.98 Å². The second-order valence-corrected chi connectivity index (χ2v) is 8.02. The Morgan fingerprint density at radius 3 is 2.78 bits per heavy atom. The number of nitriles is 1. The molecule has 1 atom stereocenters. The molecule has 0 saturated carbocycles. The Labute approximate surface area is 164 Å². The summed E-state index contributed by atoms with van der Waals surface area (Å²) < 4.78 is 2.20. The molecule has 27 heavy (non-hydrogen) atoms. The molecule has 1 aliphatic heterocycles. The van der Waals surface area contributed by atoms with Gasteiger partial charge in [0.15, 0.2) is 5.65 Å². The average molecular weight is 383 g/mol. The van der Waals surface area contributed by atoms with Gasteiger partial charge in [0, 0.05) is 18.5 Å². The van der Waals surface area contributed by atoms with Crippen molar-refractivity contribution >= 4 is 34.9 Å². The average Bonchev–Trinajstić information content (AvgIpc) is 3.37. The summed E-state index contributed by atoms with van der Waals surface area (Å²) in [5.41, 5.74) is 5.92. The van der Waals surface area contributed by atoms with Crippen molar-refractivity contribution in [1.82, 2.24) is 9.38 Å². The summed E-state index contributed by atoms with van der Waals surface area (Å²) in [6.45, 7) is 4.12. The van der Waals surface area contributed by atoms with Crippen LogP contribution >= 0.6 is 12.4 Å². The first-order valence-corrected chi connectivity index (χ1v) is 9.36. The van der Waals surface area contributed by atoms with Gasteiger partial charge in [0.2, 0.25) is 0 Å². The Kier molecular flexibility index (Phi) is 4.29. The van der Waals surface area contributed by atoms with E-state index in [-0.39, 0.29) is 24.4 Å². The van der Waals surface area contributed by atoms with Gasteiger partial charge in [0.05, 0.1) is 23.2 Å². The van der Waals surface area contributed by atoms with E-state index in [1.165, 1.54) is 16.9 Å². The highest BCUT2D eigenvalue weighted by Gasteiger charge is 2.37. The van der Waals surface area contributed by atoms with Gasteiger partial charge in [-0.1, -0.05) is 19.1 Å². The molecular formula is C21H23ClN4O. The van der Waals surface area contributed by atoms with Crippen molar-refractivity contribution in [2.75, 3.05) is 24.6 Å². The molecule has 1 N–H and O–H groups in total. The summed E-state index contributed by atoms with van der Waals surface area (Å²) in [4.78, 5) is 7.22. The van der Waals surface area contributed by atoms with Gasteiger partial charge in [0.25, 0.3) is 0 Å². The third-order valence-corrected chi connectivity index (χ3v) is 6.14. The number of halogens is 1. The third-order valence-electron chi connectivity index (χ3n) is 6.14. The molecule has 0 radical (unpaired) electrons. The molecule has 140 valence electrons. The van der Waals surface area contributed by atoms with E-state index in [1.54, 1.807) is 0 Å². The first kappa shape index (κ1) is 18.1. The van der Waals surface area contributed by atoms with E-state index in [9.17, 15) is 10.4 Å². The van der Waals surface area contributed by atoms with E-state index in [0.717, 1.165) is 61.0 Å². The first-order valence-electron chi connectivity index (χ1n) is 9.36. The molecule has 5 rings (SSSR count). The molecule has 1 aromatic carbocycles. The maximum Gasteiger partial charge on any atom is 0.157 e.